The van der Waals surface area contributed by atoms with E-state index in [1.54, 1.807) is 0 Å². The van der Waals surface area contributed by atoms with Crippen LogP contribution in [-0.2, 0) is 4.79 Å². The molecule has 0 bridgehead atoms. The summed E-state index contributed by atoms with van der Waals surface area (Å²) in [5, 5.41) is 11.0. The van der Waals surface area contributed by atoms with Crippen LogP contribution in [0.15, 0.2) is 11.8 Å². The second-order valence-electron chi connectivity index (χ2n) is 5.98. The van der Waals surface area contributed by atoms with Crippen molar-refractivity contribution in [3.63, 3.8) is 0 Å². The molecule has 0 aromatic rings. The summed E-state index contributed by atoms with van der Waals surface area (Å²) in [5.74, 6) is 0. The predicted molar refractivity (Wildman–Crippen MR) is 91.5 cm³/mol. The zero-order valence-corrected chi connectivity index (χ0v) is 14.2. The quantitative estimate of drug-likeness (QED) is 0.156. The summed E-state index contributed by atoms with van der Waals surface area (Å²) >= 11 is 0. The fourth-order valence-electron chi connectivity index (χ4n) is 2.53. The van der Waals surface area contributed by atoms with Crippen molar-refractivity contribution in [2.24, 2.45) is 0 Å². The maximum Gasteiger partial charge on any atom is 0.242 e. The van der Waals surface area contributed by atoms with E-state index in [1.165, 1.54) is 32.1 Å². The van der Waals surface area contributed by atoms with E-state index in [-0.39, 0.29) is 4.92 Å². The van der Waals surface area contributed by atoms with Crippen molar-refractivity contribution in [3.8, 4) is 0 Å². The Balaban J connectivity index is 3.69. The minimum atomic E-state index is -0.219. The van der Waals surface area contributed by atoms with Crippen LogP contribution >= 0.6 is 0 Å². The zero-order chi connectivity index (χ0) is 16.5. The van der Waals surface area contributed by atoms with Crippen LogP contribution in [0, 0.1) is 10.1 Å². The summed E-state index contributed by atoms with van der Waals surface area (Å²) in [6.45, 7) is 2.20. The molecule has 0 amide bonds. The normalized spacial score (nSPS) is 11.6. The molecule has 0 fully saturated rings. The Morgan fingerprint density at radius 1 is 0.864 bits per heavy atom. The molecule has 128 valence electrons. The summed E-state index contributed by atoms with van der Waals surface area (Å²) in [7, 11) is 0. The van der Waals surface area contributed by atoms with E-state index < -0.39 is 0 Å². The van der Waals surface area contributed by atoms with E-state index in [0.717, 1.165) is 51.2 Å². The van der Waals surface area contributed by atoms with E-state index in [9.17, 15) is 14.9 Å². The van der Waals surface area contributed by atoms with E-state index in [0.29, 0.717) is 18.5 Å². The number of hydrogen-bond donors (Lipinski definition) is 0. The van der Waals surface area contributed by atoms with Gasteiger partial charge in [-0.1, -0.05) is 58.3 Å². The maximum atomic E-state index is 11.0. The molecule has 0 unspecified atom stereocenters. The molecule has 0 aromatic carbocycles. The van der Waals surface area contributed by atoms with Gasteiger partial charge in [0.1, 0.15) is 6.29 Å². The molecule has 4 heteroatoms. The molecule has 0 saturated carbocycles. The fourth-order valence-corrected chi connectivity index (χ4v) is 2.53. The number of unbranched alkanes of at least 4 members (excludes halogenated alkanes) is 11. The first-order valence-electron chi connectivity index (χ1n) is 8.99. The van der Waals surface area contributed by atoms with Crippen molar-refractivity contribution in [2.75, 3.05) is 0 Å². The van der Waals surface area contributed by atoms with Gasteiger partial charge in [0.15, 0.2) is 0 Å². The number of carbonyl (C=O) groups excluding carboxylic acids is 1. The average Bonchev–Trinajstić information content (AvgIpc) is 2.50. The van der Waals surface area contributed by atoms with Crippen molar-refractivity contribution < 1.29 is 9.72 Å². The molecule has 0 heterocycles. The van der Waals surface area contributed by atoms with Crippen LogP contribution in [0.25, 0.3) is 0 Å². The molecular formula is C18H33NO3. The molecule has 0 spiro atoms. The molecular weight excluding hydrogens is 278 g/mol. The molecule has 4 nitrogen and oxygen atoms in total. The number of carbonyl (C=O) groups is 1. The minimum absolute atomic E-state index is 0.219. The number of allylic oxidation sites excluding steroid dienone is 2. The van der Waals surface area contributed by atoms with Gasteiger partial charge in [0, 0.05) is 12.8 Å². The Hall–Kier alpha value is -1.19. The second kappa shape index (κ2) is 16.2. The maximum absolute atomic E-state index is 11.0. The van der Waals surface area contributed by atoms with E-state index in [1.807, 2.05) is 6.08 Å². The number of nitrogens with zero attached hydrogens (tertiary/aromatic N) is 1. The highest BCUT2D eigenvalue weighted by molar-refractivity contribution is 5.48. The highest BCUT2D eigenvalue weighted by Gasteiger charge is 2.09. The molecule has 0 aliphatic carbocycles. The standard InChI is InChI=1S/C18H33NO3/c1-2-3-4-5-6-9-12-15-18(19(21)22)16-13-10-7-8-11-14-17-20/h15,17H,2-14,16H2,1H3/b18-15-. The third kappa shape index (κ3) is 13.8. The van der Waals surface area contributed by atoms with Gasteiger partial charge >= 0.3 is 0 Å². The first kappa shape index (κ1) is 20.8. The van der Waals surface area contributed by atoms with Crippen LogP contribution in [0.2, 0.25) is 0 Å². The van der Waals surface area contributed by atoms with Gasteiger partial charge in [-0.25, -0.2) is 0 Å². The Labute approximate surface area is 135 Å². The van der Waals surface area contributed by atoms with Crippen molar-refractivity contribution >= 4 is 6.29 Å². The largest absolute Gasteiger partial charge is 0.303 e. The molecule has 0 saturated heterocycles. The summed E-state index contributed by atoms with van der Waals surface area (Å²) in [6, 6.07) is 0. The molecule has 0 aliphatic heterocycles. The highest BCUT2D eigenvalue weighted by Crippen LogP contribution is 2.14. The lowest BCUT2D eigenvalue weighted by molar-refractivity contribution is -0.428. The molecule has 0 atom stereocenters. The van der Waals surface area contributed by atoms with E-state index >= 15 is 0 Å². The lowest BCUT2D eigenvalue weighted by atomic mass is 10.1. The van der Waals surface area contributed by atoms with E-state index in [4.69, 9.17) is 0 Å². The first-order valence-corrected chi connectivity index (χ1v) is 8.99. The van der Waals surface area contributed by atoms with Gasteiger partial charge in [0.2, 0.25) is 5.70 Å². The van der Waals surface area contributed by atoms with Crippen LogP contribution in [0.5, 0.6) is 0 Å². The molecule has 0 aliphatic rings. The monoisotopic (exact) mass is 311 g/mol. The summed E-state index contributed by atoms with van der Waals surface area (Å²) < 4.78 is 0. The third-order valence-corrected chi connectivity index (χ3v) is 3.93. The van der Waals surface area contributed by atoms with Crippen LogP contribution in [0.1, 0.15) is 96.8 Å². The Kier molecular flexibility index (Phi) is 15.3. The van der Waals surface area contributed by atoms with Gasteiger partial charge in [-0.15, -0.1) is 0 Å². The highest BCUT2D eigenvalue weighted by atomic mass is 16.6. The Bertz CT molecular complexity index is 313. The number of nitro groups is 1. The zero-order valence-electron chi connectivity index (χ0n) is 14.2. The van der Waals surface area contributed by atoms with Gasteiger partial charge in [-0.2, -0.15) is 0 Å². The molecule has 0 N–H and O–H groups in total. The van der Waals surface area contributed by atoms with Gasteiger partial charge in [0.05, 0.1) is 4.92 Å². The van der Waals surface area contributed by atoms with Gasteiger partial charge in [-0.05, 0) is 31.8 Å². The van der Waals surface area contributed by atoms with E-state index in [2.05, 4.69) is 6.92 Å². The molecule has 0 radical (unpaired) electrons. The average molecular weight is 311 g/mol. The number of hydrogen-bond acceptors (Lipinski definition) is 3. The van der Waals surface area contributed by atoms with Crippen LogP contribution in [0.3, 0.4) is 0 Å². The second-order valence-corrected chi connectivity index (χ2v) is 5.98. The molecule has 0 aromatic heterocycles. The van der Waals surface area contributed by atoms with Crippen LogP contribution in [0.4, 0.5) is 0 Å². The van der Waals surface area contributed by atoms with Crippen LogP contribution in [-0.4, -0.2) is 11.2 Å². The molecule has 22 heavy (non-hydrogen) atoms. The van der Waals surface area contributed by atoms with Crippen molar-refractivity contribution in [2.45, 2.75) is 96.8 Å². The van der Waals surface area contributed by atoms with Crippen LogP contribution < -0.4 is 0 Å². The fraction of sp³-hybridized carbons (Fsp3) is 0.833. The number of aldehydes is 1. The smallest absolute Gasteiger partial charge is 0.242 e. The van der Waals surface area contributed by atoms with Gasteiger partial charge < -0.3 is 4.79 Å². The topological polar surface area (TPSA) is 60.2 Å². The lowest BCUT2D eigenvalue weighted by Crippen LogP contribution is -1.99. The molecule has 0 rings (SSSR count). The van der Waals surface area contributed by atoms with Gasteiger partial charge in [-0.3, -0.25) is 10.1 Å². The Morgan fingerprint density at radius 2 is 1.41 bits per heavy atom. The minimum Gasteiger partial charge on any atom is -0.303 e. The summed E-state index contributed by atoms with van der Waals surface area (Å²) in [6.07, 6.45) is 17.1. The summed E-state index contributed by atoms with van der Waals surface area (Å²) in [5.41, 5.74) is 0.390. The third-order valence-electron chi connectivity index (χ3n) is 3.93. The lowest BCUT2D eigenvalue weighted by Gasteiger charge is -2.01. The summed E-state index contributed by atoms with van der Waals surface area (Å²) in [4.78, 5) is 21.0. The number of rotatable bonds is 16. The van der Waals surface area contributed by atoms with Crippen molar-refractivity contribution in [1.29, 1.82) is 0 Å². The van der Waals surface area contributed by atoms with Crippen molar-refractivity contribution in [1.82, 2.24) is 0 Å². The first-order chi connectivity index (χ1) is 10.7. The SMILES string of the molecule is CCCCCCCC/C=C(/CCCCCCCC=O)[N+](=O)[O-]. The van der Waals surface area contributed by atoms with Gasteiger partial charge in [0.25, 0.3) is 0 Å². The predicted octanol–water partition coefficient (Wildman–Crippen LogP) is 5.83. The van der Waals surface area contributed by atoms with Crippen molar-refractivity contribution in [3.05, 3.63) is 21.9 Å². The Morgan fingerprint density at radius 3 is 2.00 bits per heavy atom.